The highest BCUT2D eigenvalue weighted by Gasteiger charge is 2.45. The standard InChI is InChI=1S/C31H30F3N3O5/c1-19-22(15-16-27(39)40)9-6-10-25(19)35-29(41)28(20(2)31(32,33)34)23-13-11-21(12-14-23)17-37-26(38)18-42-30(36-37)24-7-4-3-5-8-24/h3-14,20,28H,15-18H2,1-2H3,(H,35,41)(H,39,40)/t20-,28+/m1/s1. The van der Waals surface area contributed by atoms with Crippen LogP contribution in [0.1, 0.15) is 47.1 Å². The van der Waals surface area contributed by atoms with Gasteiger partial charge in [0.05, 0.1) is 18.4 Å². The highest BCUT2D eigenvalue weighted by molar-refractivity contribution is 5.98. The maximum absolute atomic E-state index is 13.9. The van der Waals surface area contributed by atoms with Crippen LogP contribution in [0, 0.1) is 12.8 Å². The fourth-order valence-electron chi connectivity index (χ4n) is 4.65. The number of ether oxygens (including phenoxy) is 1. The fourth-order valence-corrected chi connectivity index (χ4v) is 4.65. The summed E-state index contributed by atoms with van der Waals surface area (Å²) in [5.41, 5.74) is 3.04. The number of carboxylic acid groups (broad SMARTS) is 1. The number of amides is 2. The molecule has 0 unspecified atom stereocenters. The maximum Gasteiger partial charge on any atom is 0.392 e. The number of halogens is 3. The van der Waals surface area contributed by atoms with E-state index in [9.17, 15) is 27.6 Å². The molecule has 0 saturated carbocycles. The van der Waals surface area contributed by atoms with Gasteiger partial charge in [0, 0.05) is 17.7 Å². The quantitative estimate of drug-likeness (QED) is 0.322. The molecule has 1 heterocycles. The van der Waals surface area contributed by atoms with Crippen LogP contribution >= 0.6 is 0 Å². The predicted octanol–water partition coefficient (Wildman–Crippen LogP) is 5.65. The van der Waals surface area contributed by atoms with Crippen molar-refractivity contribution in [3.8, 4) is 0 Å². The molecule has 11 heteroatoms. The summed E-state index contributed by atoms with van der Waals surface area (Å²) in [7, 11) is 0. The van der Waals surface area contributed by atoms with Crippen LogP contribution in [0.2, 0.25) is 0 Å². The van der Waals surface area contributed by atoms with Gasteiger partial charge in [-0.15, -0.1) is 5.10 Å². The number of nitrogens with one attached hydrogen (secondary N) is 1. The fraction of sp³-hybridized carbons (Fsp3) is 0.290. The number of carbonyl (C=O) groups is 3. The van der Waals surface area contributed by atoms with Crippen LogP contribution in [0.3, 0.4) is 0 Å². The molecule has 3 aromatic rings. The topological polar surface area (TPSA) is 108 Å². The lowest BCUT2D eigenvalue weighted by Crippen LogP contribution is -2.36. The lowest BCUT2D eigenvalue weighted by Gasteiger charge is -2.27. The summed E-state index contributed by atoms with van der Waals surface area (Å²) in [6, 6.07) is 20.0. The number of nitrogens with zero attached hydrogens (tertiary/aromatic N) is 2. The molecule has 2 N–H and O–H groups in total. The van der Waals surface area contributed by atoms with Crippen molar-refractivity contribution >= 4 is 29.4 Å². The molecule has 42 heavy (non-hydrogen) atoms. The van der Waals surface area contributed by atoms with Gasteiger partial charge in [0.1, 0.15) is 0 Å². The Morgan fingerprint density at radius 3 is 2.38 bits per heavy atom. The van der Waals surface area contributed by atoms with Crippen molar-refractivity contribution in [2.45, 2.75) is 45.3 Å². The molecule has 1 aliphatic heterocycles. The molecule has 220 valence electrons. The first-order chi connectivity index (χ1) is 19.9. The van der Waals surface area contributed by atoms with E-state index in [1.54, 1.807) is 49.4 Å². The largest absolute Gasteiger partial charge is 0.481 e. The van der Waals surface area contributed by atoms with Gasteiger partial charge in [-0.3, -0.25) is 14.4 Å². The average Bonchev–Trinajstić information content (AvgIpc) is 2.95. The van der Waals surface area contributed by atoms with Gasteiger partial charge in [0.2, 0.25) is 11.8 Å². The van der Waals surface area contributed by atoms with E-state index < -0.39 is 29.9 Å². The summed E-state index contributed by atoms with van der Waals surface area (Å²) in [5, 5.41) is 17.1. The number of aryl methyl sites for hydroxylation is 1. The zero-order valence-corrected chi connectivity index (χ0v) is 23.0. The van der Waals surface area contributed by atoms with Gasteiger partial charge >= 0.3 is 12.1 Å². The SMILES string of the molecule is Cc1c(CCC(=O)O)cccc1NC(=O)[C@H](c1ccc(CN2N=C(c3ccccc3)OCC2=O)cc1)[C@@H](C)C(F)(F)F. The Morgan fingerprint density at radius 2 is 1.74 bits per heavy atom. The average molecular weight is 582 g/mol. The van der Waals surface area contributed by atoms with E-state index in [0.29, 0.717) is 27.9 Å². The molecule has 0 spiro atoms. The summed E-state index contributed by atoms with van der Waals surface area (Å²) < 4.78 is 47.2. The molecular formula is C31H30F3N3O5. The monoisotopic (exact) mass is 581 g/mol. The predicted molar refractivity (Wildman–Crippen MR) is 150 cm³/mol. The van der Waals surface area contributed by atoms with E-state index in [1.165, 1.54) is 17.1 Å². The van der Waals surface area contributed by atoms with Crippen molar-refractivity contribution < 1.29 is 37.4 Å². The first-order valence-electron chi connectivity index (χ1n) is 13.3. The number of hydrazone groups is 1. The van der Waals surface area contributed by atoms with E-state index in [4.69, 9.17) is 9.84 Å². The third-order valence-electron chi connectivity index (χ3n) is 7.13. The molecule has 0 bridgehead atoms. The Bertz CT molecular complexity index is 1470. The van der Waals surface area contributed by atoms with Crippen molar-refractivity contribution in [1.82, 2.24) is 5.01 Å². The molecule has 4 rings (SSSR count). The number of hydrogen-bond donors (Lipinski definition) is 2. The van der Waals surface area contributed by atoms with Crippen LogP contribution in [0.25, 0.3) is 0 Å². The lowest BCUT2D eigenvalue weighted by molar-refractivity contribution is -0.178. The number of anilines is 1. The summed E-state index contributed by atoms with van der Waals surface area (Å²) in [6.07, 6.45) is -4.55. The van der Waals surface area contributed by atoms with Crippen molar-refractivity contribution in [3.63, 3.8) is 0 Å². The van der Waals surface area contributed by atoms with Crippen molar-refractivity contribution in [2.75, 3.05) is 11.9 Å². The van der Waals surface area contributed by atoms with Crippen molar-refractivity contribution in [3.05, 3.63) is 101 Å². The molecule has 8 nitrogen and oxygen atoms in total. The molecule has 3 aromatic carbocycles. The highest BCUT2D eigenvalue weighted by Crippen LogP contribution is 2.38. The second-order valence-electron chi connectivity index (χ2n) is 10.0. The lowest BCUT2D eigenvalue weighted by atomic mass is 9.85. The zero-order valence-electron chi connectivity index (χ0n) is 23.0. The highest BCUT2D eigenvalue weighted by atomic mass is 19.4. The Hall–Kier alpha value is -4.67. The Morgan fingerprint density at radius 1 is 1.05 bits per heavy atom. The van der Waals surface area contributed by atoms with Gasteiger partial charge in [-0.2, -0.15) is 13.2 Å². The number of rotatable bonds is 10. The van der Waals surface area contributed by atoms with Gasteiger partial charge < -0.3 is 15.2 Å². The number of alkyl halides is 3. The Labute approximate surface area is 240 Å². The number of benzene rings is 3. The molecule has 0 aliphatic carbocycles. The van der Waals surface area contributed by atoms with Gasteiger partial charge in [-0.05, 0) is 53.8 Å². The van der Waals surface area contributed by atoms with Gasteiger partial charge in [-0.25, -0.2) is 5.01 Å². The van der Waals surface area contributed by atoms with E-state index in [2.05, 4.69) is 10.4 Å². The molecule has 2 atom stereocenters. The van der Waals surface area contributed by atoms with Gasteiger partial charge in [-0.1, -0.05) is 61.5 Å². The van der Waals surface area contributed by atoms with Crippen LogP contribution in [0.5, 0.6) is 0 Å². The molecular weight excluding hydrogens is 551 g/mol. The first-order valence-corrected chi connectivity index (χ1v) is 13.3. The van der Waals surface area contributed by atoms with Crippen LogP contribution in [-0.4, -0.2) is 46.6 Å². The molecule has 0 saturated heterocycles. The van der Waals surface area contributed by atoms with Crippen LogP contribution in [0.15, 0.2) is 77.9 Å². The normalized spacial score (nSPS) is 14.9. The van der Waals surface area contributed by atoms with E-state index in [-0.39, 0.29) is 43.4 Å². The summed E-state index contributed by atoms with van der Waals surface area (Å²) in [4.78, 5) is 36.8. The van der Waals surface area contributed by atoms with E-state index >= 15 is 0 Å². The summed E-state index contributed by atoms with van der Waals surface area (Å²) >= 11 is 0. The van der Waals surface area contributed by atoms with Gasteiger partial charge in [0.15, 0.2) is 6.61 Å². The second-order valence-corrected chi connectivity index (χ2v) is 10.0. The molecule has 0 fully saturated rings. The minimum Gasteiger partial charge on any atom is -0.481 e. The number of hydrogen-bond acceptors (Lipinski definition) is 5. The van der Waals surface area contributed by atoms with Crippen LogP contribution in [-0.2, 0) is 32.1 Å². The number of carboxylic acids is 1. The van der Waals surface area contributed by atoms with Crippen molar-refractivity contribution in [1.29, 1.82) is 0 Å². The van der Waals surface area contributed by atoms with E-state index in [0.717, 1.165) is 6.92 Å². The Balaban J connectivity index is 1.55. The zero-order chi connectivity index (χ0) is 30.4. The van der Waals surface area contributed by atoms with Gasteiger partial charge in [0.25, 0.3) is 5.91 Å². The minimum atomic E-state index is -4.65. The second kappa shape index (κ2) is 12.9. The number of carbonyl (C=O) groups excluding carboxylic acids is 2. The minimum absolute atomic E-state index is 0.0623. The summed E-state index contributed by atoms with van der Waals surface area (Å²) in [5.74, 6) is -5.47. The molecule has 2 amide bonds. The molecule has 0 radical (unpaired) electrons. The Kier molecular flexibility index (Phi) is 9.29. The third-order valence-corrected chi connectivity index (χ3v) is 7.13. The van der Waals surface area contributed by atoms with Crippen LogP contribution < -0.4 is 5.32 Å². The smallest absolute Gasteiger partial charge is 0.392 e. The van der Waals surface area contributed by atoms with Crippen molar-refractivity contribution in [2.24, 2.45) is 11.0 Å². The maximum atomic E-state index is 13.9. The third kappa shape index (κ3) is 7.34. The van der Waals surface area contributed by atoms with E-state index in [1.807, 2.05) is 18.2 Å². The van der Waals surface area contributed by atoms with Crippen LogP contribution in [0.4, 0.5) is 18.9 Å². The molecule has 0 aromatic heterocycles. The summed E-state index contributed by atoms with van der Waals surface area (Å²) in [6.45, 7) is 2.50. The first kappa shape index (κ1) is 30.3. The molecule has 1 aliphatic rings. The number of aliphatic carboxylic acids is 1.